The van der Waals surface area contributed by atoms with Crippen LogP contribution in [-0.2, 0) is 39.3 Å². The summed E-state index contributed by atoms with van der Waals surface area (Å²) in [4.78, 5) is 22.7. The van der Waals surface area contributed by atoms with Crippen LogP contribution in [0.5, 0.6) is 5.75 Å². The number of likely N-dealkylation sites (N-methyl/N-ethyl adjacent to an activating group) is 1. The molecule has 0 amide bonds. The van der Waals surface area contributed by atoms with Gasteiger partial charge in [0.05, 0.1) is 25.0 Å². The monoisotopic (exact) mass is 477 g/mol. The molecule has 0 N–H and O–H groups in total. The molecule has 0 radical (unpaired) electrons. The highest BCUT2D eigenvalue weighted by Gasteiger charge is 2.27. The minimum absolute atomic E-state index is 0.0841. The van der Waals surface area contributed by atoms with Gasteiger partial charge in [-0.15, -0.1) is 11.3 Å². The second-order valence-electron chi connectivity index (χ2n) is 9.14. The van der Waals surface area contributed by atoms with Crippen molar-refractivity contribution < 1.29 is 4.74 Å². The molecule has 0 spiro atoms. The van der Waals surface area contributed by atoms with E-state index in [0.29, 0.717) is 12.6 Å². The summed E-state index contributed by atoms with van der Waals surface area (Å²) in [6.07, 6.45) is 10.5. The maximum Gasteiger partial charge on any atom is 0.262 e. The van der Waals surface area contributed by atoms with Crippen molar-refractivity contribution >= 4 is 21.6 Å². The van der Waals surface area contributed by atoms with Crippen LogP contribution in [0.1, 0.15) is 28.0 Å². The van der Waals surface area contributed by atoms with Crippen molar-refractivity contribution in [3.8, 4) is 5.75 Å². The number of nitrogens with zero attached hydrogens (tertiary/aromatic N) is 5. The number of benzene rings is 1. The molecule has 34 heavy (non-hydrogen) atoms. The predicted octanol–water partition coefficient (Wildman–Crippen LogP) is 3.47. The summed E-state index contributed by atoms with van der Waals surface area (Å²) in [5.74, 6) is 0.858. The molecule has 3 aromatic heterocycles. The number of aryl methyl sites for hydroxylation is 4. The topological polar surface area (TPSA) is 65.2 Å². The van der Waals surface area contributed by atoms with Gasteiger partial charge in [0.2, 0.25) is 0 Å². The summed E-state index contributed by atoms with van der Waals surface area (Å²) in [6, 6.07) is 8.46. The molecule has 7 nitrogen and oxygen atoms in total. The van der Waals surface area contributed by atoms with Crippen molar-refractivity contribution in [2.45, 2.75) is 44.7 Å². The summed E-state index contributed by atoms with van der Waals surface area (Å²) in [5, 5.41) is 5.10. The second kappa shape index (κ2) is 9.72. The van der Waals surface area contributed by atoms with Crippen LogP contribution >= 0.6 is 11.3 Å². The fourth-order valence-corrected chi connectivity index (χ4v) is 6.21. The van der Waals surface area contributed by atoms with Crippen LogP contribution < -0.4 is 10.3 Å². The lowest BCUT2D eigenvalue weighted by Crippen LogP contribution is -2.37. The molecule has 0 fully saturated rings. The van der Waals surface area contributed by atoms with E-state index in [1.165, 1.54) is 16.0 Å². The van der Waals surface area contributed by atoms with Crippen LogP contribution in [0.25, 0.3) is 10.2 Å². The van der Waals surface area contributed by atoms with E-state index in [9.17, 15) is 4.79 Å². The quantitative estimate of drug-likeness (QED) is 0.389. The van der Waals surface area contributed by atoms with Crippen LogP contribution in [0.2, 0.25) is 0 Å². The smallest absolute Gasteiger partial charge is 0.262 e. The molecule has 5 rings (SSSR count). The fourth-order valence-electron chi connectivity index (χ4n) is 4.96. The maximum atomic E-state index is 13.4. The van der Waals surface area contributed by atoms with E-state index in [4.69, 9.17) is 4.74 Å². The van der Waals surface area contributed by atoms with Crippen molar-refractivity contribution in [1.82, 2.24) is 24.2 Å². The molecule has 1 unspecified atom stereocenters. The molecule has 4 aromatic rings. The fraction of sp³-hybridized carbons (Fsp3) is 0.423. The van der Waals surface area contributed by atoms with Gasteiger partial charge < -0.3 is 9.64 Å². The largest absolute Gasteiger partial charge is 0.496 e. The molecular formula is C26H31N5O2S. The van der Waals surface area contributed by atoms with E-state index in [1.54, 1.807) is 29.3 Å². The van der Waals surface area contributed by atoms with Gasteiger partial charge in [-0.1, -0.05) is 18.2 Å². The van der Waals surface area contributed by atoms with Crippen molar-refractivity contribution in [3.05, 3.63) is 74.9 Å². The number of methoxy groups -OCH3 is 1. The Morgan fingerprint density at radius 3 is 2.91 bits per heavy atom. The standard InChI is InChI=1S/C26H31N5O2S/c1-29(12-10-18-15-28-30(2)16-18)20-8-9-21-23(14-20)34-25-24(21)26(32)31(17-27-25)13-11-19-6-4-5-7-22(19)33-3/h4-7,15-17,20H,8-14H2,1-3H3. The van der Waals surface area contributed by atoms with Crippen molar-refractivity contribution in [3.63, 3.8) is 0 Å². The van der Waals surface area contributed by atoms with Gasteiger partial charge in [0.1, 0.15) is 10.6 Å². The van der Waals surface area contributed by atoms with E-state index in [1.807, 2.05) is 42.2 Å². The third-order valence-electron chi connectivity index (χ3n) is 6.96. The number of thiophene rings is 1. The zero-order valence-electron chi connectivity index (χ0n) is 20.0. The van der Waals surface area contributed by atoms with Gasteiger partial charge in [0.15, 0.2) is 0 Å². The van der Waals surface area contributed by atoms with E-state index >= 15 is 0 Å². The Balaban J connectivity index is 1.31. The Bertz CT molecular complexity index is 1350. The molecule has 3 heterocycles. The van der Waals surface area contributed by atoms with Crippen molar-refractivity contribution in [2.24, 2.45) is 7.05 Å². The highest BCUT2D eigenvalue weighted by Crippen LogP contribution is 2.35. The number of fused-ring (bicyclic) bond motifs is 3. The first kappa shape index (κ1) is 22.8. The second-order valence-corrected chi connectivity index (χ2v) is 10.2. The number of hydrogen-bond donors (Lipinski definition) is 0. The number of rotatable bonds is 8. The Morgan fingerprint density at radius 1 is 1.26 bits per heavy atom. The Kier molecular flexibility index (Phi) is 6.52. The van der Waals surface area contributed by atoms with Crippen molar-refractivity contribution in [2.75, 3.05) is 20.7 Å². The molecule has 8 heteroatoms. The summed E-state index contributed by atoms with van der Waals surface area (Å²) >= 11 is 1.70. The highest BCUT2D eigenvalue weighted by atomic mass is 32.1. The minimum atomic E-state index is 0.0841. The molecule has 0 saturated carbocycles. The molecule has 1 aromatic carbocycles. The van der Waals surface area contributed by atoms with Crippen LogP contribution in [0.15, 0.2) is 47.8 Å². The average molecular weight is 478 g/mol. The molecule has 0 aliphatic heterocycles. The third-order valence-corrected chi connectivity index (χ3v) is 8.12. The Labute approximate surface area is 203 Å². The van der Waals surface area contributed by atoms with Gasteiger partial charge >= 0.3 is 0 Å². The van der Waals surface area contributed by atoms with Gasteiger partial charge in [-0.05, 0) is 61.9 Å². The SMILES string of the molecule is COc1ccccc1CCn1cnc2sc3c(c2c1=O)CCC(N(C)CCc1cnn(C)c1)C3. The van der Waals surface area contributed by atoms with Crippen LogP contribution in [-0.4, -0.2) is 51.0 Å². The van der Waals surface area contributed by atoms with Crippen LogP contribution in [0, 0.1) is 0 Å². The molecule has 0 saturated heterocycles. The van der Waals surface area contributed by atoms with Crippen molar-refractivity contribution in [1.29, 1.82) is 0 Å². The zero-order chi connectivity index (χ0) is 23.7. The average Bonchev–Trinajstić information content (AvgIpc) is 3.45. The first-order valence-corrected chi connectivity index (χ1v) is 12.6. The Hall–Kier alpha value is -2.97. The predicted molar refractivity (Wildman–Crippen MR) is 136 cm³/mol. The lowest BCUT2D eigenvalue weighted by Gasteiger charge is -2.31. The van der Waals surface area contributed by atoms with Crippen LogP contribution in [0.3, 0.4) is 0 Å². The summed E-state index contributed by atoms with van der Waals surface area (Å²) in [6.45, 7) is 1.59. The summed E-state index contributed by atoms with van der Waals surface area (Å²) in [7, 11) is 5.85. The molecular weight excluding hydrogens is 446 g/mol. The van der Waals surface area contributed by atoms with Gasteiger partial charge in [-0.3, -0.25) is 14.0 Å². The molecule has 1 aliphatic carbocycles. The molecule has 1 aliphatic rings. The van der Waals surface area contributed by atoms with E-state index in [0.717, 1.165) is 60.2 Å². The highest BCUT2D eigenvalue weighted by molar-refractivity contribution is 7.18. The molecule has 178 valence electrons. The number of ether oxygens (including phenoxy) is 1. The van der Waals surface area contributed by atoms with Gasteiger partial charge in [0.25, 0.3) is 5.56 Å². The third kappa shape index (κ3) is 4.52. The Morgan fingerprint density at radius 2 is 2.12 bits per heavy atom. The lowest BCUT2D eigenvalue weighted by atomic mass is 9.92. The first-order chi connectivity index (χ1) is 16.5. The minimum Gasteiger partial charge on any atom is -0.496 e. The van der Waals surface area contributed by atoms with Gasteiger partial charge in [-0.2, -0.15) is 5.10 Å². The maximum absolute atomic E-state index is 13.4. The summed E-state index contributed by atoms with van der Waals surface area (Å²) in [5.41, 5.74) is 3.67. The first-order valence-electron chi connectivity index (χ1n) is 11.8. The summed E-state index contributed by atoms with van der Waals surface area (Å²) < 4.78 is 9.07. The normalized spacial score (nSPS) is 15.7. The number of para-hydroxylation sites is 1. The van der Waals surface area contributed by atoms with Gasteiger partial charge in [0, 0.05) is 37.3 Å². The van der Waals surface area contributed by atoms with E-state index in [-0.39, 0.29) is 5.56 Å². The van der Waals surface area contributed by atoms with E-state index < -0.39 is 0 Å². The zero-order valence-corrected chi connectivity index (χ0v) is 20.8. The molecule has 0 bridgehead atoms. The lowest BCUT2D eigenvalue weighted by molar-refractivity contribution is 0.226. The van der Waals surface area contributed by atoms with Gasteiger partial charge in [-0.25, -0.2) is 4.98 Å². The molecule has 1 atom stereocenters. The van der Waals surface area contributed by atoms with Crippen LogP contribution in [0.4, 0.5) is 0 Å². The van der Waals surface area contributed by atoms with E-state index in [2.05, 4.69) is 28.2 Å². The number of hydrogen-bond acceptors (Lipinski definition) is 6. The number of aromatic nitrogens is 4.